The minimum atomic E-state index is -0.308. The van der Waals surface area contributed by atoms with E-state index in [-0.39, 0.29) is 13.8 Å². The highest BCUT2D eigenvalue weighted by molar-refractivity contribution is 7.64. The Balaban J connectivity index is 1.56. The molecule has 5 aliphatic rings. The molecule has 0 aromatic heterocycles. The standard InChI is InChI=1S/C36H41O2P/c1-37-30-22-13-23-31(38-2)34(30)35-32-26-18-9-11-20-28(26)33(29-21-12-10-19-27(29)32)36(35)39(24-14-5-3-6-15-24)25-16-7-4-8-17-25/h9-13,18-25,32-33H,3-8,14-17H2,1-2H3. The molecule has 3 aromatic carbocycles. The maximum Gasteiger partial charge on any atom is 0.130 e. The SMILES string of the molecule is COc1cccc(OC)c1C1=C(P(C2CCCCC2)C2CCCCC2)C2c3ccccc3C1c1ccccc12. The fourth-order valence-corrected chi connectivity index (χ4v) is 12.7. The molecule has 3 heteroatoms. The van der Waals surface area contributed by atoms with E-state index in [9.17, 15) is 0 Å². The predicted octanol–water partition coefficient (Wildman–Crippen LogP) is 9.85. The maximum atomic E-state index is 6.14. The molecule has 0 unspecified atom stereocenters. The van der Waals surface area contributed by atoms with Gasteiger partial charge in [0.05, 0.1) is 19.8 Å². The van der Waals surface area contributed by atoms with Crippen LogP contribution in [-0.2, 0) is 0 Å². The molecule has 0 atom stereocenters. The van der Waals surface area contributed by atoms with Gasteiger partial charge in [0.2, 0.25) is 0 Å². The van der Waals surface area contributed by atoms with Crippen LogP contribution in [0.3, 0.4) is 0 Å². The number of allylic oxidation sites excluding steroid dienone is 2. The van der Waals surface area contributed by atoms with E-state index in [1.54, 1.807) is 16.4 Å². The molecule has 202 valence electrons. The van der Waals surface area contributed by atoms with Crippen LogP contribution in [0, 0.1) is 0 Å². The summed E-state index contributed by atoms with van der Waals surface area (Å²) >= 11 is 0. The molecule has 8 rings (SSSR count). The van der Waals surface area contributed by atoms with E-state index >= 15 is 0 Å². The first kappa shape index (κ1) is 25.4. The highest BCUT2D eigenvalue weighted by atomic mass is 31.1. The van der Waals surface area contributed by atoms with E-state index in [0.29, 0.717) is 5.92 Å². The third-order valence-corrected chi connectivity index (χ3v) is 13.6. The molecule has 2 nitrogen and oxygen atoms in total. The van der Waals surface area contributed by atoms with Gasteiger partial charge in [-0.25, -0.2) is 0 Å². The van der Waals surface area contributed by atoms with Gasteiger partial charge in [-0.2, -0.15) is 0 Å². The summed E-state index contributed by atoms with van der Waals surface area (Å²) < 4.78 is 12.3. The Labute approximate surface area is 235 Å². The highest BCUT2D eigenvalue weighted by Gasteiger charge is 2.49. The molecule has 0 amide bonds. The molecule has 0 N–H and O–H groups in total. The van der Waals surface area contributed by atoms with Crippen LogP contribution in [0.4, 0.5) is 0 Å². The van der Waals surface area contributed by atoms with Gasteiger partial charge in [-0.05, 0) is 82.3 Å². The smallest absolute Gasteiger partial charge is 0.130 e. The molecular weight excluding hydrogens is 495 g/mol. The minimum absolute atomic E-state index is 0.222. The third-order valence-electron chi connectivity index (χ3n) is 9.99. The summed E-state index contributed by atoms with van der Waals surface area (Å²) in [4.78, 5) is 0. The Hall–Kier alpha value is -2.57. The van der Waals surface area contributed by atoms with Crippen LogP contribution < -0.4 is 9.47 Å². The minimum Gasteiger partial charge on any atom is -0.496 e. The quantitative estimate of drug-likeness (QED) is 0.292. The van der Waals surface area contributed by atoms with E-state index < -0.39 is 0 Å². The maximum absolute atomic E-state index is 6.14. The zero-order chi connectivity index (χ0) is 26.3. The van der Waals surface area contributed by atoms with Gasteiger partial charge in [0, 0.05) is 11.8 Å². The molecule has 0 heterocycles. The van der Waals surface area contributed by atoms with Crippen molar-refractivity contribution in [1.29, 1.82) is 0 Å². The van der Waals surface area contributed by atoms with E-state index in [0.717, 1.165) is 22.8 Å². The Morgan fingerprint density at radius 2 is 0.974 bits per heavy atom. The van der Waals surface area contributed by atoms with Crippen molar-refractivity contribution >= 4 is 13.5 Å². The van der Waals surface area contributed by atoms with Gasteiger partial charge in [0.15, 0.2) is 0 Å². The zero-order valence-corrected chi connectivity index (χ0v) is 24.4. The van der Waals surface area contributed by atoms with Gasteiger partial charge in [-0.1, -0.05) is 101 Å². The Bertz CT molecular complexity index is 1290. The van der Waals surface area contributed by atoms with Crippen molar-refractivity contribution in [3.63, 3.8) is 0 Å². The summed E-state index contributed by atoms with van der Waals surface area (Å²) in [5.41, 5.74) is 10.5. The summed E-state index contributed by atoms with van der Waals surface area (Å²) in [7, 11) is 3.34. The summed E-state index contributed by atoms with van der Waals surface area (Å²) in [6.07, 6.45) is 14.0. The largest absolute Gasteiger partial charge is 0.496 e. The molecule has 0 aliphatic heterocycles. The van der Waals surface area contributed by atoms with Crippen LogP contribution in [0.25, 0.3) is 5.57 Å². The number of hydrogen-bond donors (Lipinski definition) is 0. The predicted molar refractivity (Wildman–Crippen MR) is 164 cm³/mol. The van der Waals surface area contributed by atoms with Crippen molar-refractivity contribution in [3.05, 3.63) is 99.9 Å². The molecule has 2 bridgehead atoms. The lowest BCUT2D eigenvalue weighted by Gasteiger charge is -2.50. The third kappa shape index (κ3) is 4.17. The molecule has 39 heavy (non-hydrogen) atoms. The monoisotopic (exact) mass is 536 g/mol. The number of hydrogen-bond acceptors (Lipinski definition) is 2. The second-order valence-corrected chi connectivity index (χ2v) is 14.7. The first-order chi connectivity index (χ1) is 19.3. The first-order valence-electron chi connectivity index (χ1n) is 15.2. The number of methoxy groups -OCH3 is 2. The normalized spacial score (nSPS) is 23.1. The van der Waals surface area contributed by atoms with Gasteiger partial charge >= 0.3 is 0 Å². The lowest BCUT2D eigenvalue weighted by Crippen LogP contribution is -2.31. The molecule has 0 spiro atoms. The average molecular weight is 537 g/mol. The van der Waals surface area contributed by atoms with Crippen molar-refractivity contribution in [2.75, 3.05) is 14.2 Å². The number of benzene rings is 3. The van der Waals surface area contributed by atoms with Crippen LogP contribution >= 0.6 is 7.92 Å². The van der Waals surface area contributed by atoms with E-state index in [1.165, 1.54) is 86.5 Å². The first-order valence-corrected chi connectivity index (χ1v) is 16.7. The van der Waals surface area contributed by atoms with Gasteiger partial charge in [0.25, 0.3) is 0 Å². The van der Waals surface area contributed by atoms with Crippen LogP contribution in [-0.4, -0.2) is 25.5 Å². The van der Waals surface area contributed by atoms with Crippen LogP contribution in [0.1, 0.15) is 104 Å². The van der Waals surface area contributed by atoms with E-state index in [2.05, 4.69) is 66.7 Å². The molecule has 0 saturated heterocycles. The van der Waals surface area contributed by atoms with Crippen molar-refractivity contribution in [1.82, 2.24) is 0 Å². The van der Waals surface area contributed by atoms with Crippen molar-refractivity contribution in [3.8, 4) is 11.5 Å². The average Bonchev–Trinajstić information content (AvgIpc) is 3.02. The second-order valence-electron chi connectivity index (χ2n) is 12.0. The van der Waals surface area contributed by atoms with Gasteiger partial charge in [-0.15, -0.1) is 0 Å². The fourth-order valence-electron chi connectivity index (χ4n) is 8.40. The Morgan fingerprint density at radius 1 is 0.538 bits per heavy atom. The molecule has 2 fully saturated rings. The van der Waals surface area contributed by atoms with Gasteiger partial charge in [0.1, 0.15) is 11.5 Å². The lowest BCUT2D eigenvalue weighted by molar-refractivity contribution is 0.391. The summed E-state index contributed by atoms with van der Waals surface area (Å²) in [5, 5.41) is 1.77. The van der Waals surface area contributed by atoms with Crippen LogP contribution in [0.15, 0.2) is 72.0 Å². The van der Waals surface area contributed by atoms with Gasteiger partial charge in [-0.3, -0.25) is 0 Å². The van der Waals surface area contributed by atoms with Crippen molar-refractivity contribution in [2.24, 2.45) is 0 Å². The molecule has 0 radical (unpaired) electrons. The number of rotatable bonds is 6. The highest BCUT2D eigenvalue weighted by Crippen LogP contribution is 2.73. The molecule has 2 saturated carbocycles. The molecular formula is C36H41O2P. The Kier molecular flexibility index (Phi) is 7.02. The molecule has 3 aromatic rings. The topological polar surface area (TPSA) is 18.5 Å². The van der Waals surface area contributed by atoms with Crippen LogP contribution in [0.5, 0.6) is 11.5 Å². The summed E-state index contributed by atoms with van der Waals surface area (Å²) in [5.74, 6) is 2.46. The summed E-state index contributed by atoms with van der Waals surface area (Å²) in [6.45, 7) is 0. The van der Waals surface area contributed by atoms with Gasteiger partial charge < -0.3 is 9.47 Å². The van der Waals surface area contributed by atoms with Crippen molar-refractivity contribution < 1.29 is 9.47 Å². The fraction of sp³-hybridized carbons (Fsp3) is 0.444. The summed E-state index contributed by atoms with van der Waals surface area (Å²) in [6, 6.07) is 25.1. The number of ether oxygens (including phenoxy) is 2. The zero-order valence-electron chi connectivity index (χ0n) is 23.5. The van der Waals surface area contributed by atoms with E-state index in [1.807, 2.05) is 14.2 Å². The lowest BCUT2D eigenvalue weighted by atomic mass is 9.63. The van der Waals surface area contributed by atoms with E-state index in [4.69, 9.17) is 9.47 Å². The second kappa shape index (κ2) is 10.8. The Morgan fingerprint density at radius 3 is 1.41 bits per heavy atom. The van der Waals surface area contributed by atoms with Crippen molar-refractivity contribution in [2.45, 2.75) is 87.4 Å². The van der Waals surface area contributed by atoms with Crippen LogP contribution in [0.2, 0.25) is 0 Å². The molecule has 5 aliphatic carbocycles.